The Labute approximate surface area is 130 Å². The van der Waals surface area contributed by atoms with E-state index in [0.29, 0.717) is 0 Å². The number of fused-ring (bicyclic) bond motifs is 1. The Morgan fingerprint density at radius 3 is 3.00 bits per heavy atom. The van der Waals surface area contributed by atoms with Gasteiger partial charge in [-0.05, 0) is 37.9 Å². The molecule has 1 aliphatic rings. The zero-order chi connectivity index (χ0) is 14.7. The van der Waals surface area contributed by atoms with E-state index in [1.165, 1.54) is 11.8 Å². The third-order valence-corrected chi connectivity index (χ3v) is 4.66. The molecule has 0 saturated carbocycles. The van der Waals surface area contributed by atoms with E-state index in [4.69, 9.17) is 4.98 Å². The van der Waals surface area contributed by atoms with Crippen molar-refractivity contribution in [2.75, 3.05) is 50.0 Å². The maximum absolute atomic E-state index is 4.79. The molecule has 0 atom stereocenters. The highest BCUT2D eigenvalue weighted by molar-refractivity contribution is 7.16. The second-order valence-electron chi connectivity index (χ2n) is 5.58. The summed E-state index contributed by atoms with van der Waals surface area (Å²) < 4.78 is 0. The predicted octanol–water partition coefficient (Wildman–Crippen LogP) is 2.66. The molecule has 6 heteroatoms. The molecule has 1 N–H and O–H groups in total. The summed E-state index contributed by atoms with van der Waals surface area (Å²) in [5, 5.41) is 6.62. The normalized spacial score (nSPS) is 17.1. The van der Waals surface area contributed by atoms with E-state index in [0.717, 1.165) is 55.7 Å². The van der Waals surface area contributed by atoms with Crippen LogP contribution < -0.4 is 10.2 Å². The van der Waals surface area contributed by atoms with Crippen molar-refractivity contribution in [1.82, 2.24) is 14.9 Å². The first-order valence-corrected chi connectivity index (χ1v) is 8.58. The van der Waals surface area contributed by atoms with Crippen LogP contribution in [0.2, 0.25) is 0 Å². The molecule has 3 heterocycles. The summed E-state index contributed by atoms with van der Waals surface area (Å²) in [6.45, 7) is 7.43. The lowest BCUT2D eigenvalue weighted by atomic mass is 10.3. The quantitative estimate of drug-likeness (QED) is 0.941. The van der Waals surface area contributed by atoms with Crippen LogP contribution >= 0.6 is 11.3 Å². The van der Waals surface area contributed by atoms with Gasteiger partial charge in [0.25, 0.3) is 0 Å². The van der Waals surface area contributed by atoms with Crippen LogP contribution in [0.4, 0.5) is 11.8 Å². The van der Waals surface area contributed by atoms with Crippen molar-refractivity contribution in [3.8, 4) is 0 Å². The molecule has 0 unspecified atom stereocenters. The minimum atomic E-state index is 0.763. The van der Waals surface area contributed by atoms with Crippen molar-refractivity contribution in [1.29, 1.82) is 0 Å². The van der Waals surface area contributed by atoms with Gasteiger partial charge in [0.2, 0.25) is 5.95 Å². The van der Waals surface area contributed by atoms with Crippen LogP contribution in [0.1, 0.15) is 19.8 Å². The Kier molecular flexibility index (Phi) is 4.55. The minimum absolute atomic E-state index is 0.763. The fourth-order valence-corrected chi connectivity index (χ4v) is 3.41. The fourth-order valence-electron chi connectivity index (χ4n) is 2.65. The lowest BCUT2D eigenvalue weighted by Crippen LogP contribution is -2.29. The topological polar surface area (TPSA) is 44.3 Å². The van der Waals surface area contributed by atoms with Crippen LogP contribution in [0, 0.1) is 0 Å². The molecule has 0 aromatic carbocycles. The first kappa shape index (κ1) is 14.5. The van der Waals surface area contributed by atoms with E-state index in [-0.39, 0.29) is 0 Å². The van der Waals surface area contributed by atoms with Gasteiger partial charge in [-0.15, -0.1) is 11.3 Å². The number of nitrogens with one attached hydrogen (secondary N) is 1. The molecule has 3 rings (SSSR count). The molecule has 0 spiro atoms. The van der Waals surface area contributed by atoms with E-state index >= 15 is 0 Å². The zero-order valence-corrected chi connectivity index (χ0v) is 13.6. The number of anilines is 2. The average Bonchev–Trinajstić information content (AvgIpc) is 2.86. The minimum Gasteiger partial charge on any atom is -0.355 e. The SMILES string of the molecule is CCCNc1nc(N2CCCN(C)CC2)c2ccsc2n1. The summed E-state index contributed by atoms with van der Waals surface area (Å²) >= 11 is 1.69. The number of hydrogen-bond acceptors (Lipinski definition) is 6. The summed E-state index contributed by atoms with van der Waals surface area (Å²) in [6.07, 6.45) is 2.26. The Morgan fingerprint density at radius 1 is 1.24 bits per heavy atom. The van der Waals surface area contributed by atoms with E-state index in [9.17, 15) is 0 Å². The molecule has 0 radical (unpaired) electrons. The van der Waals surface area contributed by atoms with E-state index in [1.807, 2.05) is 0 Å². The first-order valence-electron chi connectivity index (χ1n) is 7.70. The zero-order valence-electron chi connectivity index (χ0n) is 12.8. The van der Waals surface area contributed by atoms with Crippen LogP contribution in [-0.4, -0.2) is 54.6 Å². The van der Waals surface area contributed by atoms with Crippen LogP contribution in [0.3, 0.4) is 0 Å². The Morgan fingerprint density at radius 2 is 2.14 bits per heavy atom. The molecule has 0 amide bonds. The largest absolute Gasteiger partial charge is 0.355 e. The fraction of sp³-hybridized carbons (Fsp3) is 0.600. The van der Waals surface area contributed by atoms with Gasteiger partial charge in [0.1, 0.15) is 10.6 Å². The lowest BCUT2D eigenvalue weighted by molar-refractivity contribution is 0.360. The van der Waals surface area contributed by atoms with Gasteiger partial charge in [-0.1, -0.05) is 6.92 Å². The van der Waals surface area contributed by atoms with Crippen molar-refractivity contribution in [3.63, 3.8) is 0 Å². The summed E-state index contributed by atoms with van der Waals surface area (Å²) in [7, 11) is 2.19. The summed E-state index contributed by atoms with van der Waals surface area (Å²) in [6, 6.07) is 2.15. The van der Waals surface area contributed by atoms with Crippen molar-refractivity contribution >= 4 is 33.3 Å². The number of nitrogens with zero attached hydrogens (tertiary/aromatic N) is 4. The van der Waals surface area contributed by atoms with Gasteiger partial charge in [-0.3, -0.25) is 0 Å². The third kappa shape index (κ3) is 3.27. The molecular formula is C15H23N5S. The smallest absolute Gasteiger partial charge is 0.226 e. The standard InChI is InChI=1S/C15H23N5S/c1-3-6-16-15-17-13(12-5-11-21-14(12)18-15)20-8-4-7-19(2)9-10-20/h5,11H,3-4,6-10H2,1-2H3,(H,16,17,18). The van der Waals surface area contributed by atoms with Crippen molar-refractivity contribution < 1.29 is 0 Å². The maximum Gasteiger partial charge on any atom is 0.226 e. The van der Waals surface area contributed by atoms with Gasteiger partial charge in [0.15, 0.2) is 0 Å². The first-order chi connectivity index (χ1) is 10.3. The molecule has 1 saturated heterocycles. The number of likely N-dealkylation sites (N-methyl/N-ethyl adjacent to an activating group) is 1. The second kappa shape index (κ2) is 6.58. The van der Waals surface area contributed by atoms with Gasteiger partial charge in [0, 0.05) is 26.2 Å². The number of rotatable bonds is 4. The van der Waals surface area contributed by atoms with Crippen LogP contribution in [0.15, 0.2) is 11.4 Å². The monoisotopic (exact) mass is 305 g/mol. The number of hydrogen-bond donors (Lipinski definition) is 1. The summed E-state index contributed by atoms with van der Waals surface area (Å²) in [5.74, 6) is 1.86. The van der Waals surface area contributed by atoms with E-state index in [1.54, 1.807) is 11.3 Å². The van der Waals surface area contributed by atoms with Crippen LogP contribution in [-0.2, 0) is 0 Å². The molecule has 2 aromatic heterocycles. The molecular weight excluding hydrogens is 282 g/mol. The average molecular weight is 305 g/mol. The van der Waals surface area contributed by atoms with E-state index in [2.05, 4.69) is 45.5 Å². The Bertz CT molecular complexity index is 597. The molecule has 0 aliphatic carbocycles. The molecule has 21 heavy (non-hydrogen) atoms. The van der Waals surface area contributed by atoms with Gasteiger partial charge >= 0.3 is 0 Å². The van der Waals surface area contributed by atoms with Gasteiger partial charge in [-0.2, -0.15) is 4.98 Å². The van der Waals surface area contributed by atoms with Gasteiger partial charge < -0.3 is 15.1 Å². The summed E-state index contributed by atoms with van der Waals surface area (Å²) in [5.41, 5.74) is 0. The van der Waals surface area contributed by atoms with E-state index < -0.39 is 0 Å². The molecule has 0 bridgehead atoms. The molecule has 2 aromatic rings. The van der Waals surface area contributed by atoms with Crippen molar-refractivity contribution in [2.24, 2.45) is 0 Å². The Balaban J connectivity index is 1.93. The second-order valence-corrected chi connectivity index (χ2v) is 6.48. The van der Waals surface area contributed by atoms with Crippen LogP contribution in [0.25, 0.3) is 10.2 Å². The van der Waals surface area contributed by atoms with Gasteiger partial charge in [-0.25, -0.2) is 4.98 Å². The highest BCUT2D eigenvalue weighted by Crippen LogP contribution is 2.29. The highest BCUT2D eigenvalue weighted by atomic mass is 32.1. The molecule has 114 valence electrons. The highest BCUT2D eigenvalue weighted by Gasteiger charge is 2.18. The van der Waals surface area contributed by atoms with Gasteiger partial charge in [0.05, 0.1) is 5.39 Å². The third-order valence-electron chi connectivity index (χ3n) is 3.86. The molecule has 1 aliphatic heterocycles. The molecule has 1 fully saturated rings. The van der Waals surface area contributed by atoms with Crippen molar-refractivity contribution in [3.05, 3.63) is 11.4 Å². The number of thiophene rings is 1. The lowest BCUT2D eigenvalue weighted by Gasteiger charge is -2.23. The van der Waals surface area contributed by atoms with Crippen LogP contribution in [0.5, 0.6) is 0 Å². The summed E-state index contributed by atoms with van der Waals surface area (Å²) in [4.78, 5) is 15.3. The predicted molar refractivity (Wildman–Crippen MR) is 90.5 cm³/mol. The maximum atomic E-state index is 4.79. The number of aromatic nitrogens is 2. The molecule has 5 nitrogen and oxygen atoms in total. The Hall–Kier alpha value is -1.40. The van der Waals surface area contributed by atoms with Crippen molar-refractivity contribution in [2.45, 2.75) is 19.8 Å².